The van der Waals surface area contributed by atoms with Crippen molar-refractivity contribution >= 4 is 11.5 Å². The standard InChI is InChI=1S/C16H18FN3/c1-20(15-6-2-4-12(17)10-15)16-7-3-5-14(19-16)11-18-13-8-9-13/h2-7,10,13,18H,8-9,11H2,1H3. The first-order chi connectivity index (χ1) is 9.72. The summed E-state index contributed by atoms with van der Waals surface area (Å²) in [5.74, 6) is 0.589. The van der Waals surface area contributed by atoms with Crippen LogP contribution in [0.4, 0.5) is 15.9 Å². The molecule has 0 radical (unpaired) electrons. The third-order valence-corrected chi connectivity index (χ3v) is 3.48. The van der Waals surface area contributed by atoms with Gasteiger partial charge in [-0.25, -0.2) is 9.37 Å². The zero-order chi connectivity index (χ0) is 13.9. The lowest BCUT2D eigenvalue weighted by Gasteiger charge is -2.19. The van der Waals surface area contributed by atoms with Crippen LogP contribution in [0.25, 0.3) is 0 Å². The minimum atomic E-state index is -0.235. The van der Waals surface area contributed by atoms with Crippen molar-refractivity contribution in [1.82, 2.24) is 10.3 Å². The summed E-state index contributed by atoms with van der Waals surface area (Å²) in [7, 11) is 1.90. The fraction of sp³-hybridized carbons (Fsp3) is 0.312. The minimum absolute atomic E-state index is 0.235. The maximum absolute atomic E-state index is 13.3. The van der Waals surface area contributed by atoms with Gasteiger partial charge in [-0.1, -0.05) is 12.1 Å². The molecule has 0 aliphatic heterocycles. The third-order valence-electron chi connectivity index (χ3n) is 3.48. The van der Waals surface area contributed by atoms with Gasteiger partial charge in [0.1, 0.15) is 11.6 Å². The maximum Gasteiger partial charge on any atom is 0.133 e. The highest BCUT2D eigenvalue weighted by Crippen LogP contribution is 2.23. The molecular weight excluding hydrogens is 253 g/mol. The number of rotatable bonds is 5. The van der Waals surface area contributed by atoms with Crippen LogP contribution in [0.3, 0.4) is 0 Å². The predicted octanol–water partition coefficient (Wildman–Crippen LogP) is 3.24. The Kier molecular flexibility index (Phi) is 3.65. The number of hydrogen-bond acceptors (Lipinski definition) is 3. The molecule has 0 atom stereocenters. The van der Waals surface area contributed by atoms with E-state index in [9.17, 15) is 4.39 Å². The molecule has 1 heterocycles. The molecule has 1 aliphatic carbocycles. The van der Waals surface area contributed by atoms with Gasteiger partial charge in [0.15, 0.2) is 0 Å². The zero-order valence-corrected chi connectivity index (χ0v) is 11.5. The molecule has 0 spiro atoms. The molecule has 1 saturated carbocycles. The normalized spacial score (nSPS) is 14.3. The molecule has 20 heavy (non-hydrogen) atoms. The monoisotopic (exact) mass is 271 g/mol. The Hall–Kier alpha value is -1.94. The number of pyridine rings is 1. The summed E-state index contributed by atoms with van der Waals surface area (Å²) in [5, 5.41) is 3.45. The maximum atomic E-state index is 13.3. The van der Waals surface area contributed by atoms with Crippen molar-refractivity contribution in [3.05, 3.63) is 54.0 Å². The average Bonchev–Trinajstić information content (AvgIpc) is 3.29. The summed E-state index contributed by atoms with van der Waals surface area (Å²) in [5.41, 5.74) is 1.81. The molecule has 1 aromatic heterocycles. The SMILES string of the molecule is CN(c1cccc(F)c1)c1cccc(CNC2CC2)n1. The lowest BCUT2D eigenvalue weighted by molar-refractivity contribution is 0.628. The molecule has 3 rings (SSSR count). The van der Waals surface area contributed by atoms with Crippen LogP contribution in [0.15, 0.2) is 42.5 Å². The highest BCUT2D eigenvalue weighted by Gasteiger charge is 2.20. The number of anilines is 2. The molecule has 1 fully saturated rings. The number of nitrogens with one attached hydrogen (secondary N) is 1. The number of nitrogens with zero attached hydrogens (tertiary/aromatic N) is 2. The van der Waals surface area contributed by atoms with E-state index in [1.54, 1.807) is 6.07 Å². The topological polar surface area (TPSA) is 28.2 Å². The van der Waals surface area contributed by atoms with Gasteiger partial charge in [0.25, 0.3) is 0 Å². The van der Waals surface area contributed by atoms with Crippen molar-refractivity contribution in [3.8, 4) is 0 Å². The fourth-order valence-corrected chi connectivity index (χ4v) is 2.11. The molecule has 104 valence electrons. The molecule has 3 nitrogen and oxygen atoms in total. The second kappa shape index (κ2) is 5.59. The van der Waals surface area contributed by atoms with Gasteiger partial charge in [-0.15, -0.1) is 0 Å². The van der Waals surface area contributed by atoms with Gasteiger partial charge >= 0.3 is 0 Å². The first-order valence-corrected chi connectivity index (χ1v) is 6.91. The van der Waals surface area contributed by atoms with Gasteiger partial charge in [0.05, 0.1) is 5.69 Å². The average molecular weight is 271 g/mol. The number of benzene rings is 1. The van der Waals surface area contributed by atoms with Crippen LogP contribution >= 0.6 is 0 Å². The van der Waals surface area contributed by atoms with Crippen molar-refractivity contribution < 1.29 is 4.39 Å². The van der Waals surface area contributed by atoms with Crippen molar-refractivity contribution in [2.75, 3.05) is 11.9 Å². The Morgan fingerprint density at radius 3 is 2.80 bits per heavy atom. The minimum Gasteiger partial charge on any atom is -0.329 e. The second-order valence-corrected chi connectivity index (χ2v) is 5.18. The lowest BCUT2D eigenvalue weighted by atomic mass is 10.2. The molecule has 0 bridgehead atoms. The third kappa shape index (κ3) is 3.14. The van der Waals surface area contributed by atoms with E-state index in [1.807, 2.05) is 36.2 Å². The first-order valence-electron chi connectivity index (χ1n) is 6.91. The van der Waals surface area contributed by atoms with Gasteiger partial charge in [0.2, 0.25) is 0 Å². The van der Waals surface area contributed by atoms with E-state index in [-0.39, 0.29) is 5.82 Å². The summed E-state index contributed by atoms with van der Waals surface area (Å²) in [6.07, 6.45) is 2.53. The van der Waals surface area contributed by atoms with E-state index < -0.39 is 0 Å². The zero-order valence-electron chi connectivity index (χ0n) is 11.5. The summed E-state index contributed by atoms with van der Waals surface area (Å²) in [6.45, 7) is 0.787. The van der Waals surface area contributed by atoms with Gasteiger partial charge in [0, 0.05) is 25.3 Å². The van der Waals surface area contributed by atoms with Crippen LogP contribution in [0.5, 0.6) is 0 Å². The van der Waals surface area contributed by atoms with Crippen LogP contribution in [0, 0.1) is 5.82 Å². The second-order valence-electron chi connectivity index (χ2n) is 5.18. The van der Waals surface area contributed by atoms with Gasteiger partial charge in [-0.05, 0) is 43.2 Å². The van der Waals surface area contributed by atoms with Crippen LogP contribution in [0.2, 0.25) is 0 Å². The highest BCUT2D eigenvalue weighted by atomic mass is 19.1. The van der Waals surface area contributed by atoms with Gasteiger partial charge in [-0.3, -0.25) is 0 Å². The Morgan fingerprint density at radius 2 is 2.05 bits per heavy atom. The molecule has 0 amide bonds. The molecule has 1 aliphatic rings. The van der Waals surface area contributed by atoms with Crippen molar-refractivity contribution in [2.45, 2.75) is 25.4 Å². The van der Waals surface area contributed by atoms with E-state index in [4.69, 9.17) is 0 Å². The summed E-state index contributed by atoms with van der Waals surface area (Å²) in [6, 6.07) is 13.1. The Labute approximate surface area is 118 Å². The van der Waals surface area contributed by atoms with Gasteiger partial charge in [-0.2, -0.15) is 0 Å². The summed E-state index contributed by atoms with van der Waals surface area (Å²) >= 11 is 0. The molecule has 0 saturated heterocycles. The quantitative estimate of drug-likeness (QED) is 0.905. The Bertz CT molecular complexity index is 596. The first kappa shape index (κ1) is 13.1. The fourth-order valence-electron chi connectivity index (χ4n) is 2.11. The van der Waals surface area contributed by atoms with Crippen LogP contribution in [-0.2, 0) is 6.54 Å². The van der Waals surface area contributed by atoms with Crippen molar-refractivity contribution in [2.24, 2.45) is 0 Å². The lowest BCUT2D eigenvalue weighted by Crippen LogP contribution is -2.18. The molecular formula is C16H18FN3. The summed E-state index contributed by atoms with van der Waals surface area (Å²) < 4.78 is 13.3. The number of halogens is 1. The smallest absolute Gasteiger partial charge is 0.133 e. The predicted molar refractivity (Wildman–Crippen MR) is 78.6 cm³/mol. The van der Waals surface area contributed by atoms with Crippen LogP contribution < -0.4 is 10.2 Å². The Morgan fingerprint density at radius 1 is 1.25 bits per heavy atom. The molecule has 1 aromatic carbocycles. The van der Waals surface area contributed by atoms with E-state index in [1.165, 1.54) is 25.0 Å². The van der Waals surface area contributed by atoms with Gasteiger partial charge < -0.3 is 10.2 Å². The van der Waals surface area contributed by atoms with Crippen LogP contribution in [-0.4, -0.2) is 18.1 Å². The van der Waals surface area contributed by atoms with E-state index >= 15 is 0 Å². The molecule has 4 heteroatoms. The van der Waals surface area contributed by atoms with E-state index in [0.717, 1.165) is 23.7 Å². The molecule has 1 N–H and O–H groups in total. The van der Waals surface area contributed by atoms with E-state index in [2.05, 4.69) is 10.3 Å². The highest BCUT2D eigenvalue weighted by molar-refractivity contribution is 5.58. The largest absolute Gasteiger partial charge is 0.329 e. The van der Waals surface area contributed by atoms with E-state index in [0.29, 0.717) is 6.04 Å². The van der Waals surface area contributed by atoms with Crippen molar-refractivity contribution in [1.29, 1.82) is 0 Å². The molecule has 2 aromatic rings. The van der Waals surface area contributed by atoms with Crippen molar-refractivity contribution in [3.63, 3.8) is 0 Å². The number of hydrogen-bond donors (Lipinski definition) is 1. The Balaban J connectivity index is 1.76. The molecule has 0 unspecified atom stereocenters. The van der Waals surface area contributed by atoms with Crippen LogP contribution in [0.1, 0.15) is 18.5 Å². The number of aromatic nitrogens is 1. The summed E-state index contributed by atoms with van der Waals surface area (Å²) in [4.78, 5) is 6.51.